The highest BCUT2D eigenvalue weighted by molar-refractivity contribution is 6.29. The number of nitrogens with zero attached hydrogens (tertiary/aromatic N) is 3. The molecular weight excluding hydrogens is 366 g/mol. The minimum Gasteiger partial charge on any atom is -0.370 e. The van der Waals surface area contributed by atoms with Crippen molar-refractivity contribution in [3.8, 4) is 11.3 Å². The Labute approximate surface area is 172 Å². The van der Waals surface area contributed by atoms with E-state index in [1.807, 2.05) is 12.3 Å². The quantitative estimate of drug-likeness (QED) is 0.496. The molecule has 1 aliphatic rings. The van der Waals surface area contributed by atoms with E-state index in [0.717, 1.165) is 31.1 Å². The van der Waals surface area contributed by atoms with Crippen LogP contribution in [0.3, 0.4) is 0 Å². The molecule has 4 rings (SSSR count). The second-order valence-electron chi connectivity index (χ2n) is 7.55. The van der Waals surface area contributed by atoms with Gasteiger partial charge in [0.05, 0.1) is 11.4 Å². The molecule has 2 aromatic heterocycles. The third kappa shape index (κ3) is 4.71. The topological polar surface area (TPSA) is 29.0 Å². The maximum absolute atomic E-state index is 6.02. The molecule has 3 aromatic rings. The monoisotopic (exact) mass is 391 g/mol. The average molecular weight is 392 g/mol. The molecule has 0 aliphatic carbocycles. The summed E-state index contributed by atoms with van der Waals surface area (Å²) in [6.45, 7) is 2.19. The van der Waals surface area contributed by atoms with E-state index in [1.54, 1.807) is 6.20 Å². The minimum absolute atomic E-state index is 0.592. The number of pyridine rings is 2. The van der Waals surface area contributed by atoms with E-state index < -0.39 is 0 Å². The lowest BCUT2D eigenvalue weighted by molar-refractivity contribution is 0.440. The van der Waals surface area contributed by atoms with Gasteiger partial charge in [-0.15, -0.1) is 0 Å². The normalized spacial score (nSPS) is 17.3. The summed E-state index contributed by atoms with van der Waals surface area (Å²) < 4.78 is 0. The van der Waals surface area contributed by atoms with Crippen molar-refractivity contribution >= 4 is 17.3 Å². The molecule has 0 bridgehead atoms. The van der Waals surface area contributed by atoms with Gasteiger partial charge in [0.15, 0.2) is 0 Å². The molecule has 1 saturated heterocycles. The van der Waals surface area contributed by atoms with Crippen molar-refractivity contribution in [1.29, 1.82) is 0 Å². The van der Waals surface area contributed by atoms with Gasteiger partial charge in [0.25, 0.3) is 0 Å². The molecule has 1 aromatic carbocycles. The van der Waals surface area contributed by atoms with Gasteiger partial charge in [-0.2, -0.15) is 0 Å². The summed E-state index contributed by atoms with van der Waals surface area (Å²) in [5.74, 6) is 0.758. The van der Waals surface area contributed by atoms with Gasteiger partial charge in [-0.1, -0.05) is 41.9 Å². The van der Waals surface area contributed by atoms with Crippen LogP contribution in [0.4, 0.5) is 5.69 Å². The van der Waals surface area contributed by atoms with Gasteiger partial charge < -0.3 is 4.90 Å². The number of aryl methyl sites for hydroxylation is 1. The summed E-state index contributed by atoms with van der Waals surface area (Å²) in [6.07, 6.45) is 9.73. The van der Waals surface area contributed by atoms with E-state index in [1.165, 1.54) is 42.5 Å². The maximum Gasteiger partial charge on any atom is 0.129 e. The second-order valence-corrected chi connectivity index (χ2v) is 7.93. The summed E-state index contributed by atoms with van der Waals surface area (Å²) in [5, 5.41) is 0.592. The summed E-state index contributed by atoms with van der Waals surface area (Å²) >= 11 is 6.02. The Kier molecular flexibility index (Phi) is 6.23. The fourth-order valence-corrected chi connectivity index (χ4v) is 4.33. The molecule has 1 atom stereocenters. The Morgan fingerprint density at radius 2 is 1.82 bits per heavy atom. The lowest BCUT2D eigenvalue weighted by Crippen LogP contribution is -2.25. The summed E-state index contributed by atoms with van der Waals surface area (Å²) in [7, 11) is 0. The number of rotatable bonds is 5. The largest absolute Gasteiger partial charge is 0.370 e. The van der Waals surface area contributed by atoms with Crippen molar-refractivity contribution in [2.24, 2.45) is 5.92 Å². The number of hydrogen-bond donors (Lipinski definition) is 0. The van der Waals surface area contributed by atoms with Crippen molar-refractivity contribution < 1.29 is 0 Å². The van der Waals surface area contributed by atoms with Crippen molar-refractivity contribution in [3.63, 3.8) is 0 Å². The molecule has 0 saturated carbocycles. The van der Waals surface area contributed by atoms with Crippen LogP contribution in [0.25, 0.3) is 11.3 Å². The van der Waals surface area contributed by atoms with E-state index in [9.17, 15) is 0 Å². The molecule has 3 heterocycles. The molecule has 28 heavy (non-hydrogen) atoms. The Morgan fingerprint density at radius 1 is 0.929 bits per heavy atom. The first-order chi connectivity index (χ1) is 13.8. The molecule has 3 nitrogen and oxygen atoms in total. The number of anilines is 1. The molecule has 0 spiro atoms. The van der Waals surface area contributed by atoms with Gasteiger partial charge in [0.2, 0.25) is 0 Å². The van der Waals surface area contributed by atoms with Crippen LogP contribution in [-0.4, -0.2) is 23.1 Å². The van der Waals surface area contributed by atoms with Crippen molar-refractivity contribution in [2.45, 2.75) is 32.1 Å². The number of aromatic nitrogens is 2. The average Bonchev–Trinajstić information content (AvgIpc) is 2.99. The molecule has 1 aliphatic heterocycles. The molecule has 0 radical (unpaired) electrons. The van der Waals surface area contributed by atoms with Crippen LogP contribution in [0.5, 0.6) is 0 Å². The standard InChI is InChI=1S/C24H26ClN3/c25-23-18-20(12-15-26-23)11-10-19-6-5-16-28(17-13-19)22-9-4-14-27-24(22)21-7-2-1-3-8-21/h1-4,7-9,12,14-15,18-19H,5-6,10-11,13,16-17H2. The lowest BCUT2D eigenvalue weighted by atomic mass is 9.93. The minimum atomic E-state index is 0.592. The van der Waals surface area contributed by atoms with Crippen LogP contribution in [-0.2, 0) is 6.42 Å². The number of benzene rings is 1. The molecular formula is C24H26ClN3. The summed E-state index contributed by atoms with van der Waals surface area (Å²) in [6, 6.07) is 18.8. The lowest BCUT2D eigenvalue weighted by Gasteiger charge is -2.25. The van der Waals surface area contributed by atoms with Gasteiger partial charge in [-0.3, -0.25) is 4.98 Å². The van der Waals surface area contributed by atoms with Gasteiger partial charge in [0.1, 0.15) is 5.15 Å². The Balaban J connectivity index is 1.42. The highest BCUT2D eigenvalue weighted by Gasteiger charge is 2.20. The molecule has 4 heteroatoms. The number of halogens is 1. The van der Waals surface area contributed by atoms with E-state index in [0.29, 0.717) is 5.15 Å². The van der Waals surface area contributed by atoms with Gasteiger partial charge in [0, 0.05) is 31.0 Å². The first-order valence-corrected chi connectivity index (χ1v) is 10.5. The Hall–Kier alpha value is -2.39. The second kappa shape index (κ2) is 9.20. The number of hydrogen-bond acceptors (Lipinski definition) is 3. The molecule has 144 valence electrons. The molecule has 0 N–H and O–H groups in total. The maximum atomic E-state index is 6.02. The van der Waals surface area contributed by atoms with Gasteiger partial charge in [-0.25, -0.2) is 4.98 Å². The van der Waals surface area contributed by atoms with Crippen LogP contribution in [0.15, 0.2) is 67.0 Å². The third-order valence-electron chi connectivity index (χ3n) is 5.65. The fourth-order valence-electron chi connectivity index (χ4n) is 4.13. The SMILES string of the molecule is Clc1cc(CCC2CCCN(c3cccnc3-c3ccccc3)CC2)ccn1. The van der Waals surface area contributed by atoms with Crippen molar-refractivity contribution in [1.82, 2.24) is 9.97 Å². The predicted molar refractivity (Wildman–Crippen MR) is 117 cm³/mol. The fraction of sp³-hybridized carbons (Fsp3) is 0.333. The highest BCUT2D eigenvalue weighted by atomic mass is 35.5. The zero-order valence-corrected chi connectivity index (χ0v) is 16.9. The summed E-state index contributed by atoms with van der Waals surface area (Å²) in [4.78, 5) is 11.3. The highest BCUT2D eigenvalue weighted by Crippen LogP contribution is 2.32. The van der Waals surface area contributed by atoms with Crippen LogP contribution in [0.1, 0.15) is 31.2 Å². The molecule has 1 fully saturated rings. The van der Waals surface area contributed by atoms with Crippen molar-refractivity contribution in [3.05, 3.63) is 77.7 Å². The first kappa shape index (κ1) is 18.9. The third-order valence-corrected chi connectivity index (χ3v) is 5.86. The summed E-state index contributed by atoms with van der Waals surface area (Å²) in [5.41, 5.74) is 4.83. The van der Waals surface area contributed by atoms with Crippen molar-refractivity contribution in [2.75, 3.05) is 18.0 Å². The van der Waals surface area contributed by atoms with E-state index in [-0.39, 0.29) is 0 Å². The van der Waals surface area contributed by atoms with Gasteiger partial charge >= 0.3 is 0 Å². The van der Waals surface area contributed by atoms with E-state index in [2.05, 4.69) is 58.4 Å². The van der Waals surface area contributed by atoms with E-state index in [4.69, 9.17) is 16.6 Å². The van der Waals surface area contributed by atoms with Crippen LogP contribution in [0.2, 0.25) is 5.15 Å². The molecule has 0 amide bonds. The predicted octanol–water partition coefficient (Wildman–Crippen LogP) is 6.04. The van der Waals surface area contributed by atoms with Gasteiger partial charge in [-0.05, 0) is 67.9 Å². The Bertz CT molecular complexity index is 897. The smallest absolute Gasteiger partial charge is 0.129 e. The molecule has 1 unspecified atom stereocenters. The van der Waals surface area contributed by atoms with Crippen LogP contribution in [0, 0.1) is 5.92 Å². The van der Waals surface area contributed by atoms with Crippen LogP contribution < -0.4 is 4.90 Å². The zero-order valence-electron chi connectivity index (χ0n) is 16.1. The van der Waals surface area contributed by atoms with E-state index >= 15 is 0 Å². The zero-order chi connectivity index (χ0) is 19.2. The Morgan fingerprint density at radius 3 is 2.68 bits per heavy atom. The first-order valence-electron chi connectivity index (χ1n) is 10.2. The van der Waals surface area contributed by atoms with Crippen LogP contribution >= 0.6 is 11.6 Å².